The van der Waals surface area contributed by atoms with Crippen molar-refractivity contribution in [2.45, 2.75) is 23.6 Å². The Labute approximate surface area is 187 Å². The molecule has 0 atom stereocenters. The van der Waals surface area contributed by atoms with E-state index in [0.29, 0.717) is 17.6 Å². The molecule has 2 rings (SSSR count). The van der Waals surface area contributed by atoms with Crippen molar-refractivity contribution in [3.63, 3.8) is 0 Å². The van der Waals surface area contributed by atoms with E-state index in [-0.39, 0.29) is 26.1 Å². The summed E-state index contributed by atoms with van der Waals surface area (Å²) in [6.07, 6.45) is 0. The van der Waals surface area contributed by atoms with E-state index in [1.54, 1.807) is 13.8 Å². The lowest BCUT2D eigenvalue weighted by atomic mass is 10.2. The van der Waals surface area contributed by atoms with E-state index in [9.17, 15) is 21.6 Å². The Morgan fingerprint density at radius 3 is 2.19 bits per heavy atom. The minimum Gasteiger partial charge on any atom is -0.321 e. The third-order valence-corrected chi connectivity index (χ3v) is 8.57. The van der Waals surface area contributed by atoms with Crippen LogP contribution in [0.2, 0.25) is 5.02 Å². The summed E-state index contributed by atoms with van der Waals surface area (Å²) in [4.78, 5) is 17.3. The monoisotopic (exact) mass is 489 g/mol. The molecule has 2 aromatic rings. The molecule has 0 saturated heterocycles. The normalized spacial score (nSPS) is 12.4. The van der Waals surface area contributed by atoms with Crippen LogP contribution in [0.3, 0.4) is 0 Å². The first-order valence-electron chi connectivity index (χ1n) is 9.23. The molecule has 9 nitrogen and oxygen atoms in total. The molecule has 0 fully saturated rings. The molecule has 0 spiro atoms. The Hall–Kier alpha value is -2.02. The largest absolute Gasteiger partial charge is 0.321 e. The molecule has 31 heavy (non-hydrogen) atoms. The van der Waals surface area contributed by atoms with Crippen LogP contribution in [0.25, 0.3) is 0 Å². The third kappa shape index (κ3) is 5.43. The summed E-state index contributed by atoms with van der Waals surface area (Å²) in [5.41, 5.74) is 0.126. The van der Waals surface area contributed by atoms with Gasteiger partial charge in [-0.05, 0) is 36.4 Å². The summed E-state index contributed by atoms with van der Waals surface area (Å²) in [5, 5.41) is 2.68. The van der Waals surface area contributed by atoms with Crippen molar-refractivity contribution in [1.29, 1.82) is 0 Å². The smallest absolute Gasteiger partial charge is 0.264 e. The Bertz CT molecular complexity index is 1160. The topological polar surface area (TPSA) is 113 Å². The molecule has 170 valence electrons. The van der Waals surface area contributed by atoms with Crippen molar-refractivity contribution in [2.75, 3.05) is 32.6 Å². The molecule has 0 unspecified atom stereocenters. The number of hydrogen-bond donors (Lipinski definition) is 1. The second kappa shape index (κ2) is 10.1. The van der Waals surface area contributed by atoms with Gasteiger partial charge in [0, 0.05) is 25.7 Å². The van der Waals surface area contributed by atoms with E-state index in [1.807, 2.05) is 0 Å². The molecule has 0 radical (unpaired) electrons. The minimum atomic E-state index is -3.95. The maximum absolute atomic E-state index is 12.7. The van der Waals surface area contributed by atoms with Crippen LogP contribution in [-0.2, 0) is 24.9 Å². The average Bonchev–Trinajstić information content (AvgIpc) is 2.75. The van der Waals surface area contributed by atoms with Gasteiger partial charge in [-0.1, -0.05) is 36.0 Å². The number of amides is 1. The third-order valence-electron chi connectivity index (χ3n) is 4.52. The van der Waals surface area contributed by atoms with Crippen molar-refractivity contribution < 1.29 is 26.5 Å². The van der Waals surface area contributed by atoms with Crippen LogP contribution in [-0.4, -0.2) is 58.8 Å². The van der Waals surface area contributed by atoms with Gasteiger partial charge in [-0.25, -0.2) is 16.8 Å². The van der Waals surface area contributed by atoms with Crippen molar-refractivity contribution in [2.24, 2.45) is 0 Å². The van der Waals surface area contributed by atoms with Crippen molar-refractivity contribution in [3.05, 3.63) is 53.1 Å². The fraction of sp³-hybridized carbons (Fsp3) is 0.316. The number of sulfonamides is 2. The number of nitrogens with one attached hydrogen (secondary N) is 1. The standard InChI is InChI=1S/C19H24ClN3O6S2/c1-5-23(6-2)31(27,28)16-10-11-17(20)18(13-16)21-19(24)14-8-7-9-15(12-14)30(25,26)22(3)29-4/h7-13H,5-6H2,1-4H3,(H,21,24). The highest BCUT2D eigenvalue weighted by Crippen LogP contribution is 2.28. The number of carbonyl (C=O) groups excluding carboxylic acids is 1. The molecule has 2 aromatic carbocycles. The van der Waals surface area contributed by atoms with E-state index >= 15 is 0 Å². The number of nitrogens with zero attached hydrogens (tertiary/aromatic N) is 2. The molecule has 0 aromatic heterocycles. The highest BCUT2D eigenvalue weighted by atomic mass is 35.5. The van der Waals surface area contributed by atoms with E-state index in [0.717, 1.165) is 0 Å². The highest BCUT2D eigenvalue weighted by Gasteiger charge is 2.24. The summed E-state index contributed by atoms with van der Waals surface area (Å²) >= 11 is 6.15. The molecule has 1 amide bonds. The first-order valence-corrected chi connectivity index (χ1v) is 12.5. The molecule has 1 N–H and O–H groups in total. The van der Waals surface area contributed by atoms with Gasteiger partial charge in [-0.15, -0.1) is 0 Å². The quantitative estimate of drug-likeness (QED) is 0.542. The zero-order valence-electron chi connectivity index (χ0n) is 17.5. The average molecular weight is 490 g/mol. The molecular weight excluding hydrogens is 466 g/mol. The van der Waals surface area contributed by atoms with Crippen molar-refractivity contribution in [3.8, 4) is 0 Å². The Balaban J connectivity index is 2.38. The zero-order chi connectivity index (χ0) is 23.4. The number of hydrogen-bond acceptors (Lipinski definition) is 6. The number of hydroxylamine groups is 1. The van der Waals surface area contributed by atoms with Gasteiger partial charge in [0.25, 0.3) is 15.9 Å². The predicted molar refractivity (Wildman–Crippen MR) is 118 cm³/mol. The van der Waals surface area contributed by atoms with E-state index < -0.39 is 26.0 Å². The number of carbonyl (C=O) groups is 1. The summed E-state index contributed by atoms with van der Waals surface area (Å²) in [6.45, 7) is 4.03. The molecular formula is C19H24ClN3O6S2. The molecule has 0 bridgehead atoms. The van der Waals surface area contributed by atoms with Crippen LogP contribution in [0.4, 0.5) is 5.69 Å². The molecule has 0 heterocycles. The minimum absolute atomic E-state index is 0.0195. The second-order valence-electron chi connectivity index (χ2n) is 6.31. The van der Waals surface area contributed by atoms with Gasteiger partial charge in [0.15, 0.2) is 0 Å². The lowest BCUT2D eigenvalue weighted by molar-refractivity contribution is -0.0258. The summed E-state index contributed by atoms with van der Waals surface area (Å²) < 4.78 is 52.3. The Morgan fingerprint density at radius 1 is 1.00 bits per heavy atom. The van der Waals surface area contributed by atoms with E-state index in [4.69, 9.17) is 16.4 Å². The molecule has 0 aliphatic heterocycles. The van der Waals surface area contributed by atoms with Crippen molar-refractivity contribution in [1.82, 2.24) is 8.77 Å². The number of halogens is 1. The van der Waals surface area contributed by atoms with Crippen LogP contribution in [0.15, 0.2) is 52.3 Å². The maximum atomic E-state index is 12.7. The Morgan fingerprint density at radius 2 is 1.61 bits per heavy atom. The van der Waals surface area contributed by atoms with Crippen molar-refractivity contribution >= 4 is 43.2 Å². The lowest BCUT2D eigenvalue weighted by Crippen LogP contribution is -2.30. The van der Waals surface area contributed by atoms with Gasteiger partial charge in [-0.3, -0.25) is 9.63 Å². The summed E-state index contributed by atoms with van der Waals surface area (Å²) in [6, 6.07) is 9.35. The molecule has 0 saturated carbocycles. The van der Waals surface area contributed by atoms with E-state index in [2.05, 4.69) is 5.32 Å². The van der Waals surface area contributed by atoms with Gasteiger partial charge in [0.1, 0.15) is 0 Å². The Kier molecular flexibility index (Phi) is 8.20. The van der Waals surface area contributed by atoms with Gasteiger partial charge < -0.3 is 5.32 Å². The SMILES string of the molecule is CCN(CC)S(=O)(=O)c1ccc(Cl)c(NC(=O)c2cccc(S(=O)(=O)N(C)OC)c2)c1. The first-order chi connectivity index (χ1) is 14.5. The van der Waals surface area contributed by atoms with Gasteiger partial charge in [-0.2, -0.15) is 4.31 Å². The number of anilines is 1. The number of benzene rings is 2. The molecule has 0 aliphatic carbocycles. The first kappa shape index (κ1) is 25.2. The van der Waals surface area contributed by atoms with Crippen LogP contribution in [0.1, 0.15) is 24.2 Å². The fourth-order valence-electron chi connectivity index (χ4n) is 2.71. The van der Waals surface area contributed by atoms with Crippen LogP contribution in [0.5, 0.6) is 0 Å². The fourth-order valence-corrected chi connectivity index (χ4v) is 5.38. The van der Waals surface area contributed by atoms with Crippen LogP contribution >= 0.6 is 11.6 Å². The zero-order valence-corrected chi connectivity index (χ0v) is 19.9. The maximum Gasteiger partial charge on any atom is 0.264 e. The predicted octanol–water partition coefficient (Wildman–Crippen LogP) is 2.80. The molecule has 0 aliphatic rings. The second-order valence-corrected chi connectivity index (χ2v) is 10.6. The molecule has 12 heteroatoms. The lowest BCUT2D eigenvalue weighted by Gasteiger charge is -2.19. The summed E-state index contributed by atoms with van der Waals surface area (Å²) in [5.74, 6) is -0.656. The van der Waals surface area contributed by atoms with Gasteiger partial charge in [0.05, 0.1) is 27.6 Å². The summed E-state index contributed by atoms with van der Waals surface area (Å²) in [7, 11) is -5.27. The highest BCUT2D eigenvalue weighted by molar-refractivity contribution is 7.89. The number of rotatable bonds is 9. The van der Waals surface area contributed by atoms with Crippen LogP contribution in [0, 0.1) is 0 Å². The van der Waals surface area contributed by atoms with E-state index in [1.165, 1.54) is 60.9 Å². The van der Waals surface area contributed by atoms with Gasteiger partial charge in [0.2, 0.25) is 10.0 Å². The van der Waals surface area contributed by atoms with Gasteiger partial charge >= 0.3 is 0 Å². The van der Waals surface area contributed by atoms with Crippen LogP contribution < -0.4 is 5.32 Å².